The summed E-state index contributed by atoms with van der Waals surface area (Å²) in [5.74, 6) is 0.449. The molecule has 0 spiro atoms. The number of amides is 1. The second-order valence-corrected chi connectivity index (χ2v) is 6.16. The first-order chi connectivity index (χ1) is 9.65. The first-order valence-corrected chi connectivity index (χ1v) is 7.56. The van der Waals surface area contributed by atoms with E-state index in [0.29, 0.717) is 5.92 Å². The van der Waals surface area contributed by atoms with Crippen LogP contribution in [0, 0.1) is 6.92 Å². The summed E-state index contributed by atoms with van der Waals surface area (Å²) in [5, 5.41) is 3.11. The number of rotatable bonds is 3. The zero-order valence-electron chi connectivity index (χ0n) is 11.3. The van der Waals surface area contributed by atoms with Crippen LogP contribution in [0.2, 0.25) is 0 Å². The Morgan fingerprint density at radius 3 is 2.55 bits per heavy atom. The van der Waals surface area contributed by atoms with Gasteiger partial charge in [-0.1, -0.05) is 51.8 Å². The molecular weight excluding hydrogens is 314 g/mol. The summed E-state index contributed by atoms with van der Waals surface area (Å²) in [7, 11) is 0. The van der Waals surface area contributed by atoms with Crippen LogP contribution >= 0.6 is 15.9 Å². The SMILES string of the molecule is Cc1ccc(C(=O)N[C@@H]2C[C@H]2c2ccccc2Br)cc1. The lowest BCUT2D eigenvalue weighted by Gasteiger charge is -2.06. The van der Waals surface area contributed by atoms with Gasteiger partial charge in [0.1, 0.15) is 0 Å². The van der Waals surface area contributed by atoms with Crippen molar-refractivity contribution < 1.29 is 4.79 Å². The van der Waals surface area contributed by atoms with Crippen LogP contribution in [0.5, 0.6) is 0 Å². The van der Waals surface area contributed by atoms with Crippen molar-refractivity contribution in [2.45, 2.75) is 25.3 Å². The predicted octanol–water partition coefficient (Wildman–Crippen LogP) is 4.04. The lowest BCUT2D eigenvalue weighted by molar-refractivity contribution is 0.0950. The Balaban J connectivity index is 1.65. The van der Waals surface area contributed by atoms with Gasteiger partial charge in [0.05, 0.1) is 0 Å². The average Bonchev–Trinajstić information content (AvgIpc) is 3.19. The maximum absolute atomic E-state index is 12.1. The average molecular weight is 330 g/mol. The van der Waals surface area contributed by atoms with E-state index in [2.05, 4.69) is 27.3 Å². The maximum Gasteiger partial charge on any atom is 0.251 e. The van der Waals surface area contributed by atoms with Crippen molar-refractivity contribution in [3.63, 3.8) is 0 Å². The van der Waals surface area contributed by atoms with E-state index >= 15 is 0 Å². The number of hydrogen-bond acceptors (Lipinski definition) is 1. The third-order valence-electron chi connectivity index (χ3n) is 3.73. The Kier molecular flexibility index (Phi) is 3.62. The molecule has 0 aromatic heterocycles. The third kappa shape index (κ3) is 2.78. The number of halogens is 1. The number of carbonyl (C=O) groups excluding carboxylic acids is 1. The van der Waals surface area contributed by atoms with Gasteiger partial charge in [-0.15, -0.1) is 0 Å². The van der Waals surface area contributed by atoms with Gasteiger partial charge in [0.15, 0.2) is 0 Å². The van der Waals surface area contributed by atoms with Gasteiger partial charge < -0.3 is 5.32 Å². The fourth-order valence-corrected chi connectivity index (χ4v) is 3.01. The molecule has 1 aliphatic carbocycles. The zero-order valence-corrected chi connectivity index (χ0v) is 12.9. The molecule has 0 unspecified atom stereocenters. The Morgan fingerprint density at radius 2 is 1.85 bits per heavy atom. The quantitative estimate of drug-likeness (QED) is 0.904. The molecule has 3 heteroatoms. The van der Waals surface area contributed by atoms with Gasteiger partial charge in [0.2, 0.25) is 0 Å². The first-order valence-electron chi connectivity index (χ1n) is 6.77. The minimum atomic E-state index is 0.0181. The standard InChI is InChI=1S/C17H16BrNO/c1-11-6-8-12(9-7-11)17(20)19-16-10-14(16)13-4-2-3-5-15(13)18/h2-9,14,16H,10H2,1H3,(H,19,20)/t14-,16+/m0/s1. The van der Waals surface area contributed by atoms with Crippen molar-refractivity contribution in [1.29, 1.82) is 0 Å². The molecule has 1 fully saturated rings. The van der Waals surface area contributed by atoms with Gasteiger partial charge in [0.25, 0.3) is 5.91 Å². The highest BCUT2D eigenvalue weighted by Gasteiger charge is 2.40. The fraction of sp³-hybridized carbons (Fsp3) is 0.235. The van der Waals surface area contributed by atoms with E-state index in [-0.39, 0.29) is 11.9 Å². The predicted molar refractivity (Wildman–Crippen MR) is 83.9 cm³/mol. The van der Waals surface area contributed by atoms with Crippen molar-refractivity contribution in [2.75, 3.05) is 0 Å². The molecule has 20 heavy (non-hydrogen) atoms. The molecular formula is C17H16BrNO. The van der Waals surface area contributed by atoms with Crippen molar-refractivity contribution in [2.24, 2.45) is 0 Å². The van der Waals surface area contributed by atoms with Gasteiger partial charge in [-0.05, 0) is 37.1 Å². The molecule has 0 saturated heterocycles. The van der Waals surface area contributed by atoms with Gasteiger partial charge in [-0.3, -0.25) is 4.79 Å². The Morgan fingerprint density at radius 1 is 1.15 bits per heavy atom. The monoisotopic (exact) mass is 329 g/mol. The highest BCUT2D eigenvalue weighted by atomic mass is 79.9. The van der Waals surface area contributed by atoms with Crippen LogP contribution in [0.4, 0.5) is 0 Å². The molecule has 1 N–H and O–H groups in total. The highest BCUT2D eigenvalue weighted by Crippen LogP contribution is 2.43. The molecule has 1 aliphatic rings. The summed E-state index contributed by atoms with van der Waals surface area (Å²) < 4.78 is 1.12. The van der Waals surface area contributed by atoms with Crippen LogP contribution in [0.3, 0.4) is 0 Å². The molecule has 0 radical (unpaired) electrons. The summed E-state index contributed by atoms with van der Waals surface area (Å²) in [6.07, 6.45) is 1.01. The van der Waals surface area contributed by atoms with Crippen LogP contribution in [0.15, 0.2) is 53.0 Å². The van der Waals surface area contributed by atoms with E-state index in [1.807, 2.05) is 49.4 Å². The Labute approximate surface area is 127 Å². The summed E-state index contributed by atoms with van der Waals surface area (Å²) in [6, 6.07) is 16.1. The molecule has 102 valence electrons. The topological polar surface area (TPSA) is 29.1 Å². The minimum absolute atomic E-state index is 0.0181. The Hall–Kier alpha value is -1.61. The maximum atomic E-state index is 12.1. The summed E-state index contributed by atoms with van der Waals surface area (Å²) in [6.45, 7) is 2.02. The normalized spacial score (nSPS) is 20.5. The molecule has 2 nitrogen and oxygen atoms in total. The molecule has 2 aromatic carbocycles. The van der Waals surface area contributed by atoms with E-state index in [0.717, 1.165) is 16.5 Å². The summed E-state index contributed by atoms with van der Waals surface area (Å²) >= 11 is 3.57. The third-order valence-corrected chi connectivity index (χ3v) is 4.45. The van der Waals surface area contributed by atoms with E-state index in [1.165, 1.54) is 11.1 Å². The number of carbonyl (C=O) groups is 1. The number of nitrogens with one attached hydrogen (secondary N) is 1. The second kappa shape index (κ2) is 5.41. The van der Waals surface area contributed by atoms with E-state index in [9.17, 15) is 4.79 Å². The zero-order chi connectivity index (χ0) is 14.1. The summed E-state index contributed by atoms with van der Waals surface area (Å²) in [5.41, 5.74) is 3.18. The van der Waals surface area contributed by atoms with Crippen LogP contribution in [0.25, 0.3) is 0 Å². The van der Waals surface area contributed by atoms with Gasteiger partial charge in [0, 0.05) is 22.0 Å². The van der Waals surface area contributed by atoms with Crippen LogP contribution in [-0.2, 0) is 0 Å². The Bertz CT molecular complexity index is 636. The second-order valence-electron chi connectivity index (χ2n) is 5.31. The van der Waals surface area contributed by atoms with Crippen molar-refractivity contribution in [3.8, 4) is 0 Å². The van der Waals surface area contributed by atoms with Crippen LogP contribution in [-0.4, -0.2) is 11.9 Å². The lowest BCUT2D eigenvalue weighted by atomic mass is 10.1. The molecule has 0 aliphatic heterocycles. The van der Waals surface area contributed by atoms with Crippen molar-refractivity contribution in [3.05, 3.63) is 69.7 Å². The first kappa shape index (κ1) is 13.4. The number of benzene rings is 2. The molecule has 3 rings (SSSR count). The fourth-order valence-electron chi connectivity index (χ4n) is 2.43. The van der Waals surface area contributed by atoms with Crippen molar-refractivity contribution >= 4 is 21.8 Å². The van der Waals surface area contributed by atoms with E-state index in [1.54, 1.807) is 0 Å². The lowest BCUT2D eigenvalue weighted by Crippen LogP contribution is -2.26. The molecule has 2 aromatic rings. The number of aryl methyl sites for hydroxylation is 1. The summed E-state index contributed by atoms with van der Waals surface area (Å²) in [4.78, 5) is 12.1. The molecule has 1 saturated carbocycles. The molecule has 2 atom stereocenters. The molecule has 1 amide bonds. The number of hydrogen-bond donors (Lipinski definition) is 1. The largest absolute Gasteiger partial charge is 0.349 e. The van der Waals surface area contributed by atoms with Gasteiger partial charge >= 0.3 is 0 Å². The minimum Gasteiger partial charge on any atom is -0.349 e. The van der Waals surface area contributed by atoms with E-state index in [4.69, 9.17) is 0 Å². The van der Waals surface area contributed by atoms with Crippen LogP contribution < -0.4 is 5.32 Å². The van der Waals surface area contributed by atoms with Crippen LogP contribution in [0.1, 0.15) is 33.8 Å². The smallest absolute Gasteiger partial charge is 0.251 e. The van der Waals surface area contributed by atoms with E-state index < -0.39 is 0 Å². The molecule has 0 bridgehead atoms. The van der Waals surface area contributed by atoms with Crippen molar-refractivity contribution in [1.82, 2.24) is 5.32 Å². The highest BCUT2D eigenvalue weighted by molar-refractivity contribution is 9.10. The molecule has 0 heterocycles. The van der Waals surface area contributed by atoms with Gasteiger partial charge in [-0.2, -0.15) is 0 Å². The van der Waals surface area contributed by atoms with Gasteiger partial charge in [-0.25, -0.2) is 0 Å².